The Morgan fingerprint density at radius 2 is 2.05 bits per heavy atom. The van der Waals surface area contributed by atoms with Gasteiger partial charge in [-0.05, 0) is 30.0 Å². The van der Waals surface area contributed by atoms with Crippen molar-refractivity contribution in [3.8, 4) is 11.8 Å². The minimum Gasteiger partial charge on any atom is -0.325 e. The Hall–Kier alpha value is -1.79. The molecule has 0 atom stereocenters. The molecular weight excluding hydrogens is 236 g/mol. The standard InChI is InChI=1S/C16H22N2O/c1-12-7-8-14(13(10-12)6-5-9-17)18-15(19)11-16(2,3)4/h7-8,10H,9,11,17H2,1-4H3,(H,18,19). The van der Waals surface area contributed by atoms with Crippen LogP contribution in [0.3, 0.4) is 0 Å². The third-order valence-electron chi connectivity index (χ3n) is 2.47. The zero-order valence-corrected chi connectivity index (χ0v) is 12.1. The number of hydrogen-bond acceptors (Lipinski definition) is 2. The molecule has 0 bridgehead atoms. The molecule has 0 saturated heterocycles. The molecule has 1 rings (SSSR count). The van der Waals surface area contributed by atoms with Gasteiger partial charge in [-0.3, -0.25) is 4.79 Å². The van der Waals surface area contributed by atoms with E-state index in [0.29, 0.717) is 13.0 Å². The van der Waals surface area contributed by atoms with Crippen molar-refractivity contribution in [2.45, 2.75) is 34.1 Å². The normalized spacial score (nSPS) is 10.6. The number of carbonyl (C=O) groups excluding carboxylic acids is 1. The van der Waals surface area contributed by atoms with E-state index in [0.717, 1.165) is 16.8 Å². The monoisotopic (exact) mass is 258 g/mol. The van der Waals surface area contributed by atoms with Gasteiger partial charge in [0.05, 0.1) is 12.2 Å². The van der Waals surface area contributed by atoms with E-state index in [1.807, 2.05) is 45.9 Å². The van der Waals surface area contributed by atoms with E-state index in [2.05, 4.69) is 17.2 Å². The number of nitrogens with two attached hydrogens (primary N) is 1. The maximum absolute atomic E-state index is 12.0. The lowest BCUT2D eigenvalue weighted by Gasteiger charge is -2.17. The number of rotatable bonds is 2. The van der Waals surface area contributed by atoms with Crippen LogP contribution in [-0.2, 0) is 4.79 Å². The number of amides is 1. The van der Waals surface area contributed by atoms with Crippen LogP contribution in [0.5, 0.6) is 0 Å². The van der Waals surface area contributed by atoms with Crippen molar-refractivity contribution in [3.05, 3.63) is 29.3 Å². The van der Waals surface area contributed by atoms with Crippen molar-refractivity contribution >= 4 is 11.6 Å². The van der Waals surface area contributed by atoms with Gasteiger partial charge >= 0.3 is 0 Å². The van der Waals surface area contributed by atoms with Crippen LogP contribution in [0.2, 0.25) is 0 Å². The first kappa shape index (κ1) is 15.3. The summed E-state index contributed by atoms with van der Waals surface area (Å²) in [5.41, 5.74) is 8.03. The predicted molar refractivity (Wildman–Crippen MR) is 79.8 cm³/mol. The largest absolute Gasteiger partial charge is 0.325 e. The lowest BCUT2D eigenvalue weighted by molar-refractivity contribution is -0.117. The molecule has 0 spiro atoms. The number of benzene rings is 1. The van der Waals surface area contributed by atoms with Crippen molar-refractivity contribution in [2.75, 3.05) is 11.9 Å². The van der Waals surface area contributed by atoms with E-state index >= 15 is 0 Å². The first-order chi connectivity index (χ1) is 8.81. The minimum atomic E-state index is -0.0299. The average molecular weight is 258 g/mol. The highest BCUT2D eigenvalue weighted by atomic mass is 16.1. The number of anilines is 1. The Bertz CT molecular complexity index is 516. The van der Waals surface area contributed by atoms with Gasteiger partial charge in [-0.15, -0.1) is 0 Å². The van der Waals surface area contributed by atoms with Crippen LogP contribution in [0, 0.1) is 24.2 Å². The van der Waals surface area contributed by atoms with E-state index in [1.54, 1.807) is 0 Å². The van der Waals surface area contributed by atoms with Gasteiger partial charge in [-0.25, -0.2) is 0 Å². The van der Waals surface area contributed by atoms with Gasteiger partial charge in [0.2, 0.25) is 5.91 Å². The van der Waals surface area contributed by atoms with Crippen LogP contribution < -0.4 is 11.1 Å². The van der Waals surface area contributed by atoms with Gasteiger partial charge in [0.1, 0.15) is 0 Å². The van der Waals surface area contributed by atoms with Crippen LogP contribution >= 0.6 is 0 Å². The van der Waals surface area contributed by atoms with Gasteiger partial charge in [-0.1, -0.05) is 38.7 Å². The van der Waals surface area contributed by atoms with Crippen molar-refractivity contribution in [2.24, 2.45) is 11.1 Å². The number of nitrogens with one attached hydrogen (secondary N) is 1. The number of aryl methyl sites for hydroxylation is 1. The summed E-state index contributed by atoms with van der Waals surface area (Å²) in [5.74, 6) is 5.82. The molecule has 0 aliphatic carbocycles. The molecule has 3 heteroatoms. The van der Waals surface area contributed by atoms with Gasteiger partial charge < -0.3 is 11.1 Å². The fourth-order valence-corrected chi connectivity index (χ4v) is 1.69. The Morgan fingerprint density at radius 3 is 2.63 bits per heavy atom. The van der Waals surface area contributed by atoms with Gasteiger partial charge in [0.15, 0.2) is 0 Å². The number of hydrogen-bond donors (Lipinski definition) is 2. The van der Waals surface area contributed by atoms with Gasteiger partial charge in [-0.2, -0.15) is 0 Å². The summed E-state index contributed by atoms with van der Waals surface area (Å²) in [6.45, 7) is 8.42. The Kier molecular flexibility index (Phi) is 5.14. The molecule has 0 radical (unpaired) electrons. The first-order valence-corrected chi connectivity index (χ1v) is 6.41. The quantitative estimate of drug-likeness (QED) is 0.801. The molecule has 0 heterocycles. The zero-order chi connectivity index (χ0) is 14.5. The highest BCUT2D eigenvalue weighted by molar-refractivity contribution is 5.92. The molecule has 0 saturated carbocycles. The smallest absolute Gasteiger partial charge is 0.224 e. The summed E-state index contributed by atoms with van der Waals surface area (Å²) >= 11 is 0. The third-order valence-corrected chi connectivity index (χ3v) is 2.47. The summed E-state index contributed by atoms with van der Waals surface area (Å²) in [6.07, 6.45) is 0.477. The molecule has 1 aromatic rings. The maximum atomic E-state index is 12.0. The van der Waals surface area contributed by atoms with Crippen LogP contribution in [-0.4, -0.2) is 12.5 Å². The molecule has 0 aliphatic heterocycles. The first-order valence-electron chi connectivity index (χ1n) is 6.41. The molecule has 3 N–H and O–H groups in total. The molecule has 102 valence electrons. The highest BCUT2D eigenvalue weighted by Gasteiger charge is 2.16. The summed E-state index contributed by atoms with van der Waals surface area (Å²) in [7, 11) is 0. The second-order valence-corrected chi connectivity index (χ2v) is 5.84. The zero-order valence-electron chi connectivity index (χ0n) is 12.1. The fourth-order valence-electron chi connectivity index (χ4n) is 1.69. The van der Waals surface area contributed by atoms with Crippen molar-refractivity contribution < 1.29 is 4.79 Å². The summed E-state index contributed by atoms with van der Waals surface area (Å²) < 4.78 is 0. The minimum absolute atomic E-state index is 0.00662. The Morgan fingerprint density at radius 1 is 1.37 bits per heavy atom. The van der Waals surface area contributed by atoms with Gasteiger partial charge in [0, 0.05) is 12.0 Å². The second-order valence-electron chi connectivity index (χ2n) is 5.84. The molecule has 0 aliphatic rings. The van der Waals surface area contributed by atoms with E-state index < -0.39 is 0 Å². The lowest BCUT2D eigenvalue weighted by atomic mass is 9.92. The van der Waals surface area contributed by atoms with Crippen LogP contribution in [0.4, 0.5) is 5.69 Å². The molecule has 1 amide bonds. The third kappa shape index (κ3) is 5.58. The molecular formula is C16H22N2O. The van der Waals surface area contributed by atoms with Gasteiger partial charge in [0.25, 0.3) is 0 Å². The lowest BCUT2D eigenvalue weighted by Crippen LogP contribution is -2.20. The van der Waals surface area contributed by atoms with Crippen molar-refractivity contribution in [1.29, 1.82) is 0 Å². The molecule has 1 aromatic carbocycles. The van der Waals surface area contributed by atoms with Crippen LogP contribution in [0.25, 0.3) is 0 Å². The van der Waals surface area contributed by atoms with E-state index in [9.17, 15) is 4.79 Å². The predicted octanol–water partition coefficient (Wildman–Crippen LogP) is 2.68. The average Bonchev–Trinajstić information content (AvgIpc) is 2.27. The van der Waals surface area contributed by atoms with Crippen LogP contribution in [0.1, 0.15) is 38.3 Å². The Labute approximate surface area is 115 Å². The van der Waals surface area contributed by atoms with Crippen molar-refractivity contribution in [1.82, 2.24) is 0 Å². The fraction of sp³-hybridized carbons (Fsp3) is 0.438. The van der Waals surface area contributed by atoms with Crippen LogP contribution in [0.15, 0.2) is 18.2 Å². The topological polar surface area (TPSA) is 55.1 Å². The molecule has 0 unspecified atom stereocenters. The molecule has 19 heavy (non-hydrogen) atoms. The second kappa shape index (κ2) is 6.40. The number of carbonyl (C=O) groups is 1. The summed E-state index contributed by atoms with van der Waals surface area (Å²) in [6, 6.07) is 5.80. The Balaban J connectivity index is 2.91. The highest BCUT2D eigenvalue weighted by Crippen LogP contribution is 2.21. The van der Waals surface area contributed by atoms with Crippen molar-refractivity contribution in [3.63, 3.8) is 0 Å². The summed E-state index contributed by atoms with van der Waals surface area (Å²) in [4.78, 5) is 12.0. The summed E-state index contributed by atoms with van der Waals surface area (Å²) in [5, 5.41) is 2.92. The molecule has 0 fully saturated rings. The van der Waals surface area contributed by atoms with E-state index in [1.165, 1.54) is 0 Å². The maximum Gasteiger partial charge on any atom is 0.224 e. The van der Waals surface area contributed by atoms with E-state index in [4.69, 9.17) is 5.73 Å². The van der Waals surface area contributed by atoms with E-state index in [-0.39, 0.29) is 11.3 Å². The SMILES string of the molecule is Cc1ccc(NC(=O)CC(C)(C)C)c(C#CCN)c1. The molecule has 0 aromatic heterocycles. The molecule has 3 nitrogen and oxygen atoms in total.